The number of carbonyl (C=O) groups is 3. The molecule has 8 heteroatoms. The highest BCUT2D eigenvalue weighted by atomic mass is 16.2. The van der Waals surface area contributed by atoms with Crippen LogP contribution >= 0.6 is 0 Å². The lowest BCUT2D eigenvalue weighted by molar-refractivity contribution is 0.0994. The normalized spacial score (nSPS) is 10.3. The predicted octanol–water partition coefficient (Wildman–Crippen LogP) is 2.02. The molecule has 0 spiro atoms. The van der Waals surface area contributed by atoms with Gasteiger partial charge in [-0.3, -0.25) is 19.1 Å². The minimum absolute atomic E-state index is 0.116. The summed E-state index contributed by atoms with van der Waals surface area (Å²) in [5.41, 5.74) is 6.54. The van der Waals surface area contributed by atoms with E-state index in [1.165, 1.54) is 16.8 Å². The molecule has 0 unspecified atom stereocenters. The molecule has 1 heterocycles. The van der Waals surface area contributed by atoms with Gasteiger partial charge in [-0.05, 0) is 30.3 Å². The van der Waals surface area contributed by atoms with Crippen LogP contribution in [-0.2, 0) is 7.05 Å². The molecule has 0 radical (unpaired) electrons. The Morgan fingerprint density at radius 1 is 0.889 bits per heavy atom. The second-order valence-corrected chi connectivity index (χ2v) is 5.76. The second kappa shape index (κ2) is 7.52. The predicted molar refractivity (Wildman–Crippen MR) is 101 cm³/mol. The van der Waals surface area contributed by atoms with Gasteiger partial charge in [-0.1, -0.05) is 24.3 Å². The van der Waals surface area contributed by atoms with Crippen LogP contribution in [0.1, 0.15) is 31.2 Å². The van der Waals surface area contributed by atoms with Crippen molar-refractivity contribution in [1.82, 2.24) is 9.78 Å². The Kier molecular flexibility index (Phi) is 4.98. The number of hydrogen-bond donors (Lipinski definition) is 3. The topological polar surface area (TPSA) is 119 Å². The van der Waals surface area contributed by atoms with Gasteiger partial charge in [0, 0.05) is 29.9 Å². The van der Waals surface area contributed by atoms with Crippen LogP contribution in [0, 0.1) is 0 Å². The smallest absolute Gasteiger partial charge is 0.276 e. The van der Waals surface area contributed by atoms with Gasteiger partial charge in [0.15, 0.2) is 5.69 Å². The highest BCUT2D eigenvalue weighted by molar-refractivity contribution is 6.06. The number of rotatable bonds is 5. The molecule has 136 valence electrons. The average molecular weight is 363 g/mol. The fraction of sp³-hybridized carbons (Fsp3) is 0.0526. The number of nitrogens with one attached hydrogen (secondary N) is 2. The fourth-order valence-corrected chi connectivity index (χ4v) is 2.42. The van der Waals surface area contributed by atoms with Crippen LogP contribution in [0.15, 0.2) is 60.7 Å². The molecule has 0 aliphatic rings. The summed E-state index contributed by atoms with van der Waals surface area (Å²) in [6.45, 7) is 0. The Balaban J connectivity index is 1.74. The SMILES string of the molecule is Cn1nc(C(=O)Nc2cccc(C(N)=O)c2)cc1NC(=O)c1ccccc1. The summed E-state index contributed by atoms with van der Waals surface area (Å²) < 4.78 is 1.40. The number of carbonyl (C=O) groups excluding carboxylic acids is 3. The maximum absolute atomic E-state index is 12.4. The molecule has 0 atom stereocenters. The minimum Gasteiger partial charge on any atom is -0.366 e. The summed E-state index contributed by atoms with van der Waals surface area (Å²) in [5, 5.41) is 9.46. The molecule has 27 heavy (non-hydrogen) atoms. The first-order chi connectivity index (χ1) is 12.9. The van der Waals surface area contributed by atoms with Crippen LogP contribution in [0.2, 0.25) is 0 Å². The van der Waals surface area contributed by atoms with Gasteiger partial charge in [-0.15, -0.1) is 0 Å². The Morgan fingerprint density at radius 2 is 1.59 bits per heavy atom. The fourth-order valence-electron chi connectivity index (χ4n) is 2.42. The van der Waals surface area contributed by atoms with E-state index in [1.54, 1.807) is 49.5 Å². The molecular weight excluding hydrogens is 346 g/mol. The number of amides is 3. The summed E-state index contributed by atoms with van der Waals surface area (Å²) in [5.74, 6) is -0.998. The van der Waals surface area contributed by atoms with Crippen molar-refractivity contribution in [2.75, 3.05) is 10.6 Å². The molecule has 3 rings (SSSR count). The summed E-state index contributed by atoms with van der Waals surface area (Å²) in [6, 6.07) is 16.4. The molecule has 2 aromatic carbocycles. The summed E-state index contributed by atoms with van der Waals surface area (Å²) in [4.78, 5) is 35.9. The van der Waals surface area contributed by atoms with Crippen LogP contribution in [0.25, 0.3) is 0 Å². The van der Waals surface area contributed by atoms with Gasteiger partial charge in [0.1, 0.15) is 5.82 Å². The van der Waals surface area contributed by atoms with Crippen LogP contribution in [0.4, 0.5) is 11.5 Å². The molecular formula is C19H17N5O3. The first-order valence-electron chi connectivity index (χ1n) is 8.05. The van der Waals surface area contributed by atoms with Crippen molar-refractivity contribution in [2.24, 2.45) is 12.8 Å². The van der Waals surface area contributed by atoms with Gasteiger partial charge in [-0.25, -0.2) is 0 Å². The van der Waals surface area contributed by atoms with E-state index in [4.69, 9.17) is 5.73 Å². The largest absolute Gasteiger partial charge is 0.366 e. The van der Waals surface area contributed by atoms with Gasteiger partial charge in [0.25, 0.3) is 11.8 Å². The van der Waals surface area contributed by atoms with E-state index < -0.39 is 11.8 Å². The molecule has 3 aromatic rings. The second-order valence-electron chi connectivity index (χ2n) is 5.76. The molecule has 0 saturated carbocycles. The minimum atomic E-state index is -0.588. The lowest BCUT2D eigenvalue weighted by Crippen LogP contribution is -2.15. The molecule has 3 amide bonds. The highest BCUT2D eigenvalue weighted by Gasteiger charge is 2.15. The lowest BCUT2D eigenvalue weighted by Gasteiger charge is -2.04. The first kappa shape index (κ1) is 17.9. The molecule has 4 N–H and O–H groups in total. The Bertz CT molecular complexity index is 1010. The first-order valence-corrected chi connectivity index (χ1v) is 8.05. The van der Waals surface area contributed by atoms with Gasteiger partial charge in [0.2, 0.25) is 5.91 Å². The van der Waals surface area contributed by atoms with Crippen LogP contribution in [0.3, 0.4) is 0 Å². The third kappa shape index (κ3) is 4.18. The molecule has 0 saturated heterocycles. The van der Waals surface area contributed by atoms with Gasteiger partial charge in [0.05, 0.1) is 0 Å². The van der Waals surface area contributed by atoms with Crippen molar-refractivity contribution in [3.8, 4) is 0 Å². The van der Waals surface area contributed by atoms with Crippen molar-refractivity contribution in [3.63, 3.8) is 0 Å². The Labute approximate surface area is 155 Å². The monoisotopic (exact) mass is 363 g/mol. The average Bonchev–Trinajstić information content (AvgIpc) is 3.03. The highest BCUT2D eigenvalue weighted by Crippen LogP contribution is 2.15. The zero-order valence-corrected chi connectivity index (χ0v) is 14.5. The number of nitrogens with zero attached hydrogens (tertiary/aromatic N) is 2. The number of aromatic nitrogens is 2. The molecule has 0 aliphatic carbocycles. The van der Waals surface area contributed by atoms with Crippen LogP contribution < -0.4 is 16.4 Å². The zero-order chi connectivity index (χ0) is 19.4. The quantitative estimate of drug-likeness (QED) is 0.642. The number of nitrogens with two attached hydrogens (primary N) is 1. The number of hydrogen-bond acceptors (Lipinski definition) is 4. The van der Waals surface area contributed by atoms with E-state index in [0.29, 0.717) is 17.1 Å². The van der Waals surface area contributed by atoms with Gasteiger partial charge in [-0.2, -0.15) is 5.10 Å². The van der Waals surface area contributed by atoms with Crippen molar-refractivity contribution < 1.29 is 14.4 Å². The summed E-state index contributed by atoms with van der Waals surface area (Å²) >= 11 is 0. The van der Waals surface area contributed by atoms with E-state index in [9.17, 15) is 14.4 Å². The van der Waals surface area contributed by atoms with E-state index in [1.807, 2.05) is 6.07 Å². The van der Waals surface area contributed by atoms with Gasteiger partial charge < -0.3 is 16.4 Å². The van der Waals surface area contributed by atoms with Crippen LogP contribution in [0.5, 0.6) is 0 Å². The maximum Gasteiger partial charge on any atom is 0.276 e. The standard InChI is InChI=1S/C19H17N5O3/c1-24-16(22-18(26)12-6-3-2-4-7-12)11-15(23-24)19(27)21-14-9-5-8-13(10-14)17(20)25/h2-11H,1H3,(H2,20,25)(H,21,27)(H,22,26). The summed E-state index contributed by atoms with van der Waals surface area (Å²) in [7, 11) is 1.62. The maximum atomic E-state index is 12.4. The Hall–Kier alpha value is -3.94. The van der Waals surface area contributed by atoms with Crippen molar-refractivity contribution in [2.45, 2.75) is 0 Å². The zero-order valence-electron chi connectivity index (χ0n) is 14.5. The number of aryl methyl sites for hydroxylation is 1. The number of primary amides is 1. The molecule has 1 aromatic heterocycles. The van der Waals surface area contributed by atoms with E-state index in [2.05, 4.69) is 15.7 Å². The van der Waals surface area contributed by atoms with E-state index in [-0.39, 0.29) is 17.2 Å². The van der Waals surface area contributed by atoms with E-state index in [0.717, 1.165) is 0 Å². The van der Waals surface area contributed by atoms with Crippen molar-refractivity contribution in [3.05, 3.63) is 77.5 Å². The third-order valence-electron chi connectivity index (χ3n) is 3.79. The molecule has 0 aliphatic heterocycles. The Morgan fingerprint density at radius 3 is 2.30 bits per heavy atom. The van der Waals surface area contributed by atoms with Crippen LogP contribution in [-0.4, -0.2) is 27.5 Å². The summed E-state index contributed by atoms with van der Waals surface area (Å²) in [6.07, 6.45) is 0. The molecule has 0 fully saturated rings. The van der Waals surface area contributed by atoms with E-state index >= 15 is 0 Å². The third-order valence-corrected chi connectivity index (χ3v) is 3.79. The lowest BCUT2D eigenvalue weighted by atomic mass is 10.2. The van der Waals surface area contributed by atoms with Crippen molar-refractivity contribution >= 4 is 29.2 Å². The number of anilines is 2. The molecule has 8 nitrogen and oxygen atoms in total. The molecule has 0 bridgehead atoms. The van der Waals surface area contributed by atoms with Gasteiger partial charge >= 0.3 is 0 Å². The number of benzene rings is 2. The van der Waals surface area contributed by atoms with Crippen molar-refractivity contribution in [1.29, 1.82) is 0 Å².